The summed E-state index contributed by atoms with van der Waals surface area (Å²) in [5.41, 5.74) is 0.757. The molecule has 0 aliphatic carbocycles. The van der Waals surface area contributed by atoms with Gasteiger partial charge in [-0.05, 0) is 43.8 Å². The molecule has 1 aromatic heterocycles. The molecular formula is C13H16FNO. The van der Waals surface area contributed by atoms with Gasteiger partial charge >= 0.3 is 0 Å². The van der Waals surface area contributed by atoms with Gasteiger partial charge in [0.15, 0.2) is 0 Å². The molecule has 1 heterocycles. The van der Waals surface area contributed by atoms with E-state index in [9.17, 15) is 4.39 Å². The van der Waals surface area contributed by atoms with Crippen LogP contribution in [0.25, 0.3) is 11.0 Å². The van der Waals surface area contributed by atoms with Crippen molar-refractivity contribution < 1.29 is 8.81 Å². The fourth-order valence-corrected chi connectivity index (χ4v) is 1.93. The van der Waals surface area contributed by atoms with Crippen LogP contribution < -0.4 is 5.32 Å². The summed E-state index contributed by atoms with van der Waals surface area (Å²) < 4.78 is 18.6. The summed E-state index contributed by atoms with van der Waals surface area (Å²) in [5, 5.41) is 3.97. The first kappa shape index (κ1) is 11.1. The van der Waals surface area contributed by atoms with Gasteiger partial charge in [0.25, 0.3) is 0 Å². The van der Waals surface area contributed by atoms with Crippen LogP contribution >= 0.6 is 0 Å². The quantitative estimate of drug-likeness (QED) is 0.858. The van der Waals surface area contributed by atoms with E-state index in [0.717, 1.165) is 29.7 Å². The van der Waals surface area contributed by atoms with Crippen molar-refractivity contribution in [2.45, 2.75) is 13.3 Å². The van der Waals surface area contributed by atoms with Crippen LogP contribution in [0.1, 0.15) is 12.7 Å². The van der Waals surface area contributed by atoms with Gasteiger partial charge in [0.1, 0.15) is 17.2 Å². The molecule has 2 nitrogen and oxygen atoms in total. The third-order valence-electron chi connectivity index (χ3n) is 2.63. The van der Waals surface area contributed by atoms with E-state index in [1.807, 2.05) is 13.1 Å². The summed E-state index contributed by atoms with van der Waals surface area (Å²) in [4.78, 5) is 0. The number of hydrogen-bond donors (Lipinski definition) is 1. The van der Waals surface area contributed by atoms with Gasteiger partial charge in [0.2, 0.25) is 0 Å². The van der Waals surface area contributed by atoms with Gasteiger partial charge in [0, 0.05) is 11.8 Å². The van der Waals surface area contributed by atoms with Gasteiger partial charge in [-0.25, -0.2) is 4.39 Å². The van der Waals surface area contributed by atoms with Crippen LogP contribution in [0.2, 0.25) is 0 Å². The number of fused-ring (bicyclic) bond motifs is 1. The Morgan fingerprint density at radius 2 is 2.19 bits per heavy atom. The standard InChI is InChI=1S/C13H16FNO/c1-9(8-15-2)5-12-7-10-6-11(14)3-4-13(10)16-12/h3-4,6-7,9,15H,5,8H2,1-2H3. The van der Waals surface area contributed by atoms with Crippen LogP contribution in [-0.2, 0) is 6.42 Å². The summed E-state index contributed by atoms with van der Waals surface area (Å²) in [7, 11) is 1.94. The molecule has 2 rings (SSSR count). The lowest BCUT2D eigenvalue weighted by Crippen LogP contribution is -2.17. The number of hydrogen-bond acceptors (Lipinski definition) is 2. The SMILES string of the molecule is CNCC(C)Cc1cc2cc(F)ccc2o1. The minimum atomic E-state index is -0.219. The Kier molecular flexibility index (Phi) is 3.25. The van der Waals surface area contributed by atoms with Crippen molar-refractivity contribution >= 4 is 11.0 Å². The van der Waals surface area contributed by atoms with E-state index in [2.05, 4.69) is 12.2 Å². The topological polar surface area (TPSA) is 25.2 Å². The highest BCUT2D eigenvalue weighted by Crippen LogP contribution is 2.22. The second kappa shape index (κ2) is 4.66. The summed E-state index contributed by atoms with van der Waals surface area (Å²) in [6.07, 6.45) is 0.872. The zero-order valence-corrected chi connectivity index (χ0v) is 9.59. The van der Waals surface area contributed by atoms with Crippen LogP contribution in [0.5, 0.6) is 0 Å². The van der Waals surface area contributed by atoms with Crippen molar-refractivity contribution in [3.8, 4) is 0 Å². The van der Waals surface area contributed by atoms with Gasteiger partial charge < -0.3 is 9.73 Å². The molecule has 0 saturated heterocycles. The molecule has 2 aromatic rings. The van der Waals surface area contributed by atoms with E-state index in [1.165, 1.54) is 12.1 Å². The monoisotopic (exact) mass is 221 g/mol. The molecule has 1 N–H and O–H groups in total. The summed E-state index contributed by atoms with van der Waals surface area (Å²) >= 11 is 0. The van der Waals surface area contributed by atoms with Gasteiger partial charge in [-0.2, -0.15) is 0 Å². The zero-order valence-electron chi connectivity index (χ0n) is 9.59. The molecule has 3 heteroatoms. The molecule has 0 aliphatic rings. The van der Waals surface area contributed by atoms with Crippen LogP contribution in [0.15, 0.2) is 28.7 Å². The van der Waals surface area contributed by atoms with E-state index in [-0.39, 0.29) is 5.82 Å². The molecule has 16 heavy (non-hydrogen) atoms. The van der Waals surface area contributed by atoms with E-state index in [4.69, 9.17) is 4.42 Å². The number of halogens is 1. The largest absolute Gasteiger partial charge is 0.461 e. The van der Waals surface area contributed by atoms with Crippen LogP contribution in [0.3, 0.4) is 0 Å². The Labute approximate surface area is 94.4 Å². The molecule has 0 saturated carbocycles. The maximum Gasteiger partial charge on any atom is 0.134 e. The normalized spacial score (nSPS) is 13.2. The lowest BCUT2D eigenvalue weighted by atomic mass is 10.1. The van der Waals surface area contributed by atoms with E-state index in [0.29, 0.717) is 5.92 Å². The van der Waals surface area contributed by atoms with Crippen molar-refractivity contribution in [2.75, 3.05) is 13.6 Å². The highest BCUT2D eigenvalue weighted by atomic mass is 19.1. The minimum absolute atomic E-state index is 0.219. The van der Waals surface area contributed by atoms with E-state index in [1.54, 1.807) is 6.07 Å². The first-order valence-corrected chi connectivity index (χ1v) is 5.51. The van der Waals surface area contributed by atoms with Crippen molar-refractivity contribution in [2.24, 2.45) is 5.92 Å². The third kappa shape index (κ3) is 2.42. The Morgan fingerprint density at radius 3 is 2.94 bits per heavy atom. The molecule has 0 spiro atoms. The first-order chi connectivity index (χ1) is 7.69. The number of benzene rings is 1. The molecule has 0 aliphatic heterocycles. The number of furan rings is 1. The maximum absolute atomic E-state index is 13.0. The van der Waals surface area contributed by atoms with Crippen molar-refractivity contribution in [3.05, 3.63) is 35.8 Å². The minimum Gasteiger partial charge on any atom is -0.461 e. The second-order valence-corrected chi connectivity index (χ2v) is 4.26. The maximum atomic E-state index is 13.0. The first-order valence-electron chi connectivity index (χ1n) is 5.51. The molecule has 0 fully saturated rings. The predicted molar refractivity (Wildman–Crippen MR) is 63.0 cm³/mol. The van der Waals surface area contributed by atoms with Gasteiger partial charge in [-0.1, -0.05) is 6.92 Å². The van der Waals surface area contributed by atoms with Crippen LogP contribution in [0, 0.1) is 11.7 Å². The lowest BCUT2D eigenvalue weighted by Gasteiger charge is -2.07. The molecule has 1 atom stereocenters. The van der Waals surface area contributed by atoms with Gasteiger partial charge in [-0.3, -0.25) is 0 Å². The summed E-state index contributed by atoms with van der Waals surface area (Å²) in [5.74, 6) is 1.21. The van der Waals surface area contributed by atoms with Gasteiger partial charge in [-0.15, -0.1) is 0 Å². The molecule has 0 amide bonds. The van der Waals surface area contributed by atoms with Crippen molar-refractivity contribution in [3.63, 3.8) is 0 Å². The van der Waals surface area contributed by atoms with Crippen LogP contribution in [0.4, 0.5) is 4.39 Å². The summed E-state index contributed by atoms with van der Waals surface area (Å²) in [6, 6.07) is 6.53. The molecule has 86 valence electrons. The smallest absolute Gasteiger partial charge is 0.134 e. The second-order valence-electron chi connectivity index (χ2n) is 4.26. The van der Waals surface area contributed by atoms with E-state index >= 15 is 0 Å². The Morgan fingerprint density at radius 1 is 1.38 bits per heavy atom. The Bertz CT molecular complexity index is 478. The highest BCUT2D eigenvalue weighted by molar-refractivity contribution is 5.77. The fourth-order valence-electron chi connectivity index (χ4n) is 1.93. The lowest BCUT2D eigenvalue weighted by molar-refractivity contribution is 0.466. The van der Waals surface area contributed by atoms with Crippen LogP contribution in [-0.4, -0.2) is 13.6 Å². The molecule has 1 aromatic carbocycles. The summed E-state index contributed by atoms with van der Waals surface area (Å²) in [6.45, 7) is 3.11. The average Bonchev–Trinajstić information content (AvgIpc) is 2.59. The fraction of sp³-hybridized carbons (Fsp3) is 0.385. The van der Waals surface area contributed by atoms with Gasteiger partial charge in [0.05, 0.1) is 0 Å². The highest BCUT2D eigenvalue weighted by Gasteiger charge is 2.08. The third-order valence-corrected chi connectivity index (χ3v) is 2.63. The van der Waals surface area contributed by atoms with Crippen molar-refractivity contribution in [1.29, 1.82) is 0 Å². The Balaban J connectivity index is 2.19. The molecule has 1 unspecified atom stereocenters. The number of rotatable bonds is 4. The predicted octanol–water partition coefficient (Wildman–Crippen LogP) is 2.97. The average molecular weight is 221 g/mol. The zero-order chi connectivity index (χ0) is 11.5. The molecular weight excluding hydrogens is 205 g/mol. The Hall–Kier alpha value is -1.35. The van der Waals surface area contributed by atoms with E-state index < -0.39 is 0 Å². The molecule has 0 radical (unpaired) electrons. The number of nitrogens with one attached hydrogen (secondary N) is 1. The van der Waals surface area contributed by atoms with Crippen molar-refractivity contribution in [1.82, 2.24) is 5.32 Å². The molecule has 0 bridgehead atoms.